The van der Waals surface area contributed by atoms with Crippen LogP contribution in [0.4, 0.5) is 0 Å². The molecule has 0 saturated carbocycles. The fraction of sp³-hybridized carbons (Fsp3) is 0.833. The third-order valence-electron chi connectivity index (χ3n) is 2.68. The summed E-state index contributed by atoms with van der Waals surface area (Å²) in [4.78, 5) is 4.39. The van der Waals surface area contributed by atoms with Crippen LogP contribution >= 0.6 is 0 Å². The van der Waals surface area contributed by atoms with Crippen LogP contribution in [-0.2, 0) is 0 Å². The lowest BCUT2D eigenvalue weighted by Gasteiger charge is -2.37. The second-order valence-corrected chi connectivity index (χ2v) is 5.51. The minimum Gasteiger partial charge on any atom is -0.381 e. The van der Waals surface area contributed by atoms with Crippen molar-refractivity contribution in [3.63, 3.8) is 0 Å². The molecule has 0 fully saturated rings. The SMILES string of the molecule is C=C(CC(N(C)C)C(C)(C)C)N(C)C. The summed E-state index contributed by atoms with van der Waals surface area (Å²) in [6.45, 7) is 10.9. The fourth-order valence-corrected chi connectivity index (χ4v) is 1.67. The van der Waals surface area contributed by atoms with E-state index in [0.29, 0.717) is 11.5 Å². The summed E-state index contributed by atoms with van der Waals surface area (Å²) >= 11 is 0. The highest BCUT2D eigenvalue weighted by molar-refractivity contribution is 4.98. The van der Waals surface area contributed by atoms with Crippen LogP contribution in [0.25, 0.3) is 0 Å². The summed E-state index contributed by atoms with van der Waals surface area (Å²) in [5.74, 6) is 0. The van der Waals surface area contributed by atoms with Gasteiger partial charge < -0.3 is 9.80 Å². The Bertz CT molecular complexity index is 187. The van der Waals surface area contributed by atoms with Gasteiger partial charge in [0.15, 0.2) is 0 Å². The van der Waals surface area contributed by atoms with Gasteiger partial charge in [-0.25, -0.2) is 0 Å². The molecule has 0 aliphatic rings. The molecule has 1 atom stereocenters. The van der Waals surface area contributed by atoms with Gasteiger partial charge in [0.1, 0.15) is 0 Å². The second-order valence-electron chi connectivity index (χ2n) is 5.51. The summed E-state index contributed by atoms with van der Waals surface area (Å²) in [7, 11) is 8.38. The minimum atomic E-state index is 0.294. The van der Waals surface area contributed by atoms with E-state index in [0.717, 1.165) is 6.42 Å². The molecule has 0 aromatic carbocycles. The van der Waals surface area contributed by atoms with Gasteiger partial charge in [-0.1, -0.05) is 27.4 Å². The molecule has 0 aromatic rings. The molecular formula is C12H26N2. The van der Waals surface area contributed by atoms with Crippen molar-refractivity contribution in [2.24, 2.45) is 5.41 Å². The van der Waals surface area contributed by atoms with Gasteiger partial charge in [0.05, 0.1) is 0 Å². The van der Waals surface area contributed by atoms with Gasteiger partial charge in [0.25, 0.3) is 0 Å². The van der Waals surface area contributed by atoms with Gasteiger partial charge in [-0.3, -0.25) is 0 Å². The standard InChI is InChI=1S/C12H26N2/c1-10(13(5)6)9-11(14(7)8)12(2,3)4/h11H,1,9H2,2-8H3. The number of rotatable bonds is 4. The third-order valence-corrected chi connectivity index (χ3v) is 2.68. The molecule has 2 nitrogen and oxygen atoms in total. The van der Waals surface area contributed by atoms with Gasteiger partial charge >= 0.3 is 0 Å². The largest absolute Gasteiger partial charge is 0.381 e. The van der Waals surface area contributed by atoms with Gasteiger partial charge in [0, 0.05) is 32.3 Å². The van der Waals surface area contributed by atoms with Crippen LogP contribution in [0.1, 0.15) is 27.2 Å². The van der Waals surface area contributed by atoms with Gasteiger partial charge in [-0.15, -0.1) is 0 Å². The average molecular weight is 198 g/mol. The molecule has 84 valence electrons. The Balaban J connectivity index is 4.48. The van der Waals surface area contributed by atoms with Gasteiger partial charge in [-0.05, 0) is 19.5 Å². The molecule has 14 heavy (non-hydrogen) atoms. The summed E-state index contributed by atoms with van der Waals surface area (Å²) in [5, 5.41) is 0. The highest BCUT2D eigenvalue weighted by Gasteiger charge is 2.27. The van der Waals surface area contributed by atoms with Crippen LogP contribution in [0.15, 0.2) is 12.3 Å². The number of hydrogen-bond donors (Lipinski definition) is 0. The van der Waals surface area contributed by atoms with Gasteiger partial charge in [0.2, 0.25) is 0 Å². The zero-order valence-corrected chi connectivity index (χ0v) is 10.9. The van der Waals surface area contributed by atoms with Gasteiger partial charge in [-0.2, -0.15) is 0 Å². The summed E-state index contributed by atoms with van der Waals surface area (Å²) in [6.07, 6.45) is 1.03. The second kappa shape index (κ2) is 4.83. The normalized spacial score (nSPS) is 14.3. The fourth-order valence-electron chi connectivity index (χ4n) is 1.67. The van der Waals surface area contributed by atoms with Crippen molar-refractivity contribution >= 4 is 0 Å². The van der Waals surface area contributed by atoms with E-state index >= 15 is 0 Å². The molecule has 0 saturated heterocycles. The molecule has 0 aliphatic carbocycles. The lowest BCUT2D eigenvalue weighted by atomic mass is 9.83. The van der Waals surface area contributed by atoms with E-state index in [4.69, 9.17) is 0 Å². The molecule has 0 N–H and O–H groups in total. The van der Waals surface area contributed by atoms with E-state index in [-0.39, 0.29) is 0 Å². The van der Waals surface area contributed by atoms with Crippen LogP contribution in [0, 0.1) is 5.41 Å². The Labute approximate surface area is 89.6 Å². The van der Waals surface area contributed by atoms with Crippen molar-refractivity contribution in [2.45, 2.75) is 33.2 Å². The smallest absolute Gasteiger partial charge is 0.0192 e. The highest BCUT2D eigenvalue weighted by atomic mass is 15.1. The first-order chi connectivity index (χ1) is 6.16. The van der Waals surface area contributed by atoms with Crippen LogP contribution in [0.5, 0.6) is 0 Å². The zero-order chi connectivity index (χ0) is 11.5. The van der Waals surface area contributed by atoms with Crippen LogP contribution in [0.2, 0.25) is 0 Å². The monoisotopic (exact) mass is 198 g/mol. The van der Waals surface area contributed by atoms with Crippen molar-refractivity contribution < 1.29 is 0 Å². The Kier molecular flexibility index (Phi) is 4.66. The molecule has 0 rings (SSSR count). The zero-order valence-electron chi connectivity index (χ0n) is 10.9. The molecular weight excluding hydrogens is 172 g/mol. The summed E-state index contributed by atoms with van der Waals surface area (Å²) in [5.41, 5.74) is 1.49. The Morgan fingerprint density at radius 2 is 1.57 bits per heavy atom. The number of hydrogen-bond acceptors (Lipinski definition) is 2. The Morgan fingerprint density at radius 3 is 1.79 bits per heavy atom. The summed E-state index contributed by atoms with van der Waals surface area (Å²) < 4.78 is 0. The maximum atomic E-state index is 4.09. The molecule has 0 bridgehead atoms. The molecule has 0 heterocycles. The van der Waals surface area contributed by atoms with Crippen LogP contribution in [0.3, 0.4) is 0 Å². The number of nitrogens with zero attached hydrogens (tertiary/aromatic N) is 2. The maximum absolute atomic E-state index is 4.09. The van der Waals surface area contributed by atoms with E-state index in [2.05, 4.69) is 65.3 Å². The molecule has 0 aromatic heterocycles. The first kappa shape index (κ1) is 13.5. The quantitative estimate of drug-likeness (QED) is 0.684. The maximum Gasteiger partial charge on any atom is 0.0192 e. The van der Waals surface area contributed by atoms with Crippen molar-refractivity contribution in [2.75, 3.05) is 28.2 Å². The molecule has 1 unspecified atom stereocenters. The van der Waals surface area contributed by atoms with Crippen LogP contribution < -0.4 is 0 Å². The molecule has 0 amide bonds. The lowest BCUT2D eigenvalue weighted by Crippen LogP contribution is -2.40. The predicted molar refractivity (Wildman–Crippen MR) is 64.4 cm³/mol. The topological polar surface area (TPSA) is 6.48 Å². The van der Waals surface area contributed by atoms with E-state index < -0.39 is 0 Å². The van der Waals surface area contributed by atoms with E-state index in [1.807, 2.05) is 0 Å². The molecule has 0 aliphatic heterocycles. The third kappa shape index (κ3) is 4.14. The van der Waals surface area contributed by atoms with E-state index in [1.54, 1.807) is 0 Å². The van der Waals surface area contributed by atoms with Crippen molar-refractivity contribution in [3.05, 3.63) is 12.3 Å². The lowest BCUT2D eigenvalue weighted by molar-refractivity contribution is 0.145. The van der Waals surface area contributed by atoms with Crippen molar-refractivity contribution in [3.8, 4) is 0 Å². The highest BCUT2D eigenvalue weighted by Crippen LogP contribution is 2.27. The van der Waals surface area contributed by atoms with Crippen molar-refractivity contribution in [1.82, 2.24) is 9.80 Å². The minimum absolute atomic E-state index is 0.294. The Hall–Kier alpha value is -0.500. The predicted octanol–water partition coefficient (Wildman–Crippen LogP) is 2.43. The molecule has 2 heteroatoms. The van der Waals surface area contributed by atoms with E-state index in [1.165, 1.54) is 5.70 Å². The molecule has 0 spiro atoms. The first-order valence-corrected chi connectivity index (χ1v) is 5.17. The summed E-state index contributed by atoms with van der Waals surface area (Å²) in [6, 6.07) is 0.539. The first-order valence-electron chi connectivity index (χ1n) is 5.17. The van der Waals surface area contributed by atoms with Crippen LogP contribution in [-0.4, -0.2) is 44.0 Å². The Morgan fingerprint density at radius 1 is 1.14 bits per heavy atom. The van der Waals surface area contributed by atoms with Crippen molar-refractivity contribution in [1.29, 1.82) is 0 Å². The van der Waals surface area contributed by atoms with E-state index in [9.17, 15) is 0 Å². The average Bonchev–Trinajstić information content (AvgIpc) is 1.96. The molecule has 0 radical (unpaired) electrons.